The Morgan fingerprint density at radius 3 is 2.41 bits per heavy atom. The predicted octanol–water partition coefficient (Wildman–Crippen LogP) is 1.16. The Morgan fingerprint density at radius 1 is 1.18 bits per heavy atom. The Bertz CT molecular complexity index is 651. The van der Waals surface area contributed by atoms with Crippen LogP contribution in [0, 0.1) is 10.8 Å². The van der Waals surface area contributed by atoms with Crippen molar-refractivity contribution in [3.05, 3.63) is 24.2 Å². The lowest BCUT2D eigenvalue weighted by molar-refractivity contribution is -0.168. The molecule has 2 aliphatic rings. The monoisotopic (exact) mass is 306 g/mol. The van der Waals surface area contributed by atoms with E-state index in [1.54, 1.807) is 6.07 Å². The van der Waals surface area contributed by atoms with Crippen molar-refractivity contribution in [3.63, 3.8) is 0 Å². The molecule has 2 bridgehead atoms. The molecule has 1 aromatic heterocycles. The fourth-order valence-electron chi connectivity index (χ4n) is 3.43. The van der Waals surface area contributed by atoms with Gasteiger partial charge in [0, 0.05) is 5.41 Å². The number of ether oxygens (including phenoxy) is 1. The van der Waals surface area contributed by atoms with E-state index in [4.69, 9.17) is 9.15 Å². The van der Waals surface area contributed by atoms with Crippen LogP contribution in [0.15, 0.2) is 22.8 Å². The predicted molar refractivity (Wildman–Crippen MR) is 74.3 cm³/mol. The van der Waals surface area contributed by atoms with Gasteiger partial charge in [0.05, 0.1) is 11.7 Å². The average Bonchev–Trinajstić information content (AvgIpc) is 3.10. The molecule has 1 aromatic rings. The summed E-state index contributed by atoms with van der Waals surface area (Å²) in [5.74, 6) is -1.38. The molecule has 22 heavy (non-hydrogen) atoms. The van der Waals surface area contributed by atoms with E-state index in [1.165, 1.54) is 12.3 Å². The van der Waals surface area contributed by atoms with Crippen molar-refractivity contribution in [2.45, 2.75) is 39.2 Å². The Kier molecular flexibility index (Phi) is 2.89. The SMILES string of the molecule is CC12CCC(C(=O)NNC(=O)c3ccco3)(OC1=O)C2(C)C. The number of hydrazine groups is 1. The van der Waals surface area contributed by atoms with Crippen molar-refractivity contribution in [3.8, 4) is 0 Å². The van der Waals surface area contributed by atoms with Crippen LogP contribution in [0.3, 0.4) is 0 Å². The third kappa shape index (κ3) is 1.59. The number of carbonyl (C=O) groups is 3. The summed E-state index contributed by atoms with van der Waals surface area (Å²) < 4.78 is 10.4. The molecule has 2 heterocycles. The van der Waals surface area contributed by atoms with Crippen LogP contribution < -0.4 is 10.9 Å². The molecule has 2 amide bonds. The van der Waals surface area contributed by atoms with Crippen LogP contribution in [0.4, 0.5) is 0 Å². The molecule has 3 rings (SSSR count). The van der Waals surface area contributed by atoms with Gasteiger partial charge < -0.3 is 9.15 Å². The molecule has 2 atom stereocenters. The van der Waals surface area contributed by atoms with Crippen molar-refractivity contribution in [1.82, 2.24) is 10.9 Å². The van der Waals surface area contributed by atoms with E-state index in [1.807, 2.05) is 20.8 Å². The number of amides is 2. The van der Waals surface area contributed by atoms with Crippen LogP contribution in [0.2, 0.25) is 0 Å². The molecule has 7 nitrogen and oxygen atoms in total. The molecule has 1 saturated carbocycles. The standard InChI is InChI=1S/C15H18N2O5/c1-13(2)14(3)6-7-15(13,22-12(14)20)11(19)17-16-10(18)9-5-4-8-21-9/h4-5,8H,6-7H2,1-3H3,(H,16,18)(H,17,19). The van der Waals surface area contributed by atoms with Crippen molar-refractivity contribution in [1.29, 1.82) is 0 Å². The third-order valence-corrected chi connectivity index (χ3v) is 5.48. The highest BCUT2D eigenvalue weighted by atomic mass is 16.6. The zero-order valence-electron chi connectivity index (χ0n) is 12.7. The summed E-state index contributed by atoms with van der Waals surface area (Å²) in [5.41, 5.74) is 2.03. The van der Waals surface area contributed by atoms with Gasteiger partial charge in [0.15, 0.2) is 11.4 Å². The Balaban J connectivity index is 1.76. The molecule has 0 aromatic carbocycles. The fraction of sp³-hybridized carbons (Fsp3) is 0.533. The zero-order valence-corrected chi connectivity index (χ0v) is 12.7. The fourth-order valence-corrected chi connectivity index (χ4v) is 3.43. The number of furan rings is 1. The van der Waals surface area contributed by atoms with E-state index in [9.17, 15) is 14.4 Å². The molecule has 2 fully saturated rings. The third-order valence-electron chi connectivity index (χ3n) is 5.48. The van der Waals surface area contributed by atoms with Crippen molar-refractivity contribution in [2.24, 2.45) is 10.8 Å². The van der Waals surface area contributed by atoms with Crippen molar-refractivity contribution < 1.29 is 23.5 Å². The van der Waals surface area contributed by atoms with Crippen molar-refractivity contribution in [2.75, 3.05) is 0 Å². The number of nitrogens with one attached hydrogen (secondary N) is 2. The number of hydrogen-bond donors (Lipinski definition) is 2. The summed E-state index contributed by atoms with van der Waals surface area (Å²) in [6.45, 7) is 5.51. The first-order valence-corrected chi connectivity index (χ1v) is 7.12. The molecular formula is C15H18N2O5. The largest absolute Gasteiger partial charge is 0.459 e. The first-order valence-electron chi connectivity index (χ1n) is 7.12. The second-order valence-corrected chi connectivity index (χ2v) is 6.56. The van der Waals surface area contributed by atoms with Gasteiger partial charge in [-0.15, -0.1) is 0 Å². The van der Waals surface area contributed by atoms with Gasteiger partial charge in [0.2, 0.25) is 0 Å². The minimum atomic E-state index is -1.25. The van der Waals surface area contributed by atoms with E-state index in [0.29, 0.717) is 12.8 Å². The average molecular weight is 306 g/mol. The second kappa shape index (κ2) is 4.34. The van der Waals surface area contributed by atoms with E-state index in [-0.39, 0.29) is 11.7 Å². The molecule has 1 aliphatic heterocycles. The van der Waals surface area contributed by atoms with Gasteiger partial charge in [0.1, 0.15) is 0 Å². The number of rotatable bonds is 2. The molecule has 0 radical (unpaired) electrons. The molecule has 2 unspecified atom stereocenters. The lowest BCUT2D eigenvalue weighted by Gasteiger charge is -2.35. The van der Waals surface area contributed by atoms with Crippen LogP contribution in [-0.4, -0.2) is 23.4 Å². The lowest BCUT2D eigenvalue weighted by atomic mass is 9.66. The van der Waals surface area contributed by atoms with Gasteiger partial charge in [-0.05, 0) is 31.9 Å². The van der Waals surface area contributed by atoms with Gasteiger partial charge >= 0.3 is 11.9 Å². The second-order valence-electron chi connectivity index (χ2n) is 6.56. The zero-order chi connectivity index (χ0) is 16.2. The Morgan fingerprint density at radius 2 is 1.91 bits per heavy atom. The van der Waals surface area contributed by atoms with E-state index >= 15 is 0 Å². The minimum Gasteiger partial charge on any atom is -0.459 e. The molecule has 7 heteroatoms. The molecule has 1 aliphatic carbocycles. The number of carbonyl (C=O) groups excluding carboxylic acids is 3. The van der Waals surface area contributed by atoms with Crippen LogP contribution >= 0.6 is 0 Å². The molecule has 118 valence electrons. The Hall–Kier alpha value is -2.31. The van der Waals surface area contributed by atoms with E-state index in [2.05, 4.69) is 10.9 Å². The van der Waals surface area contributed by atoms with Gasteiger partial charge in [0.25, 0.3) is 5.91 Å². The summed E-state index contributed by atoms with van der Waals surface area (Å²) >= 11 is 0. The highest BCUT2D eigenvalue weighted by molar-refractivity contribution is 5.98. The molecule has 0 spiro atoms. The first-order chi connectivity index (χ1) is 10.2. The van der Waals surface area contributed by atoms with E-state index < -0.39 is 28.2 Å². The number of hydrogen-bond acceptors (Lipinski definition) is 5. The topological polar surface area (TPSA) is 97.6 Å². The summed E-state index contributed by atoms with van der Waals surface area (Å²) in [6, 6.07) is 3.05. The van der Waals surface area contributed by atoms with Crippen LogP contribution in [0.1, 0.15) is 44.2 Å². The maximum Gasteiger partial charge on any atom is 0.313 e. The van der Waals surface area contributed by atoms with Gasteiger partial charge in [-0.1, -0.05) is 13.8 Å². The van der Waals surface area contributed by atoms with Crippen LogP contribution in [0.5, 0.6) is 0 Å². The highest BCUT2D eigenvalue weighted by Crippen LogP contribution is 2.65. The van der Waals surface area contributed by atoms with Gasteiger partial charge in [-0.2, -0.15) is 0 Å². The molecule has 2 N–H and O–H groups in total. The van der Waals surface area contributed by atoms with Gasteiger partial charge in [-0.25, -0.2) is 0 Å². The van der Waals surface area contributed by atoms with Crippen LogP contribution in [-0.2, 0) is 14.3 Å². The minimum absolute atomic E-state index is 0.0803. The smallest absolute Gasteiger partial charge is 0.313 e. The van der Waals surface area contributed by atoms with Gasteiger partial charge in [-0.3, -0.25) is 25.2 Å². The number of esters is 1. The van der Waals surface area contributed by atoms with Crippen molar-refractivity contribution >= 4 is 17.8 Å². The van der Waals surface area contributed by atoms with E-state index in [0.717, 1.165) is 0 Å². The highest BCUT2D eigenvalue weighted by Gasteiger charge is 2.75. The summed E-state index contributed by atoms with van der Waals surface area (Å²) in [7, 11) is 0. The summed E-state index contributed by atoms with van der Waals surface area (Å²) in [5, 5.41) is 0. The Labute approximate surface area is 127 Å². The quantitative estimate of drug-likeness (QED) is 0.631. The number of fused-ring (bicyclic) bond motifs is 2. The lowest BCUT2D eigenvalue weighted by Crippen LogP contribution is -2.57. The maximum atomic E-state index is 12.6. The summed E-state index contributed by atoms with van der Waals surface area (Å²) in [6.07, 6.45) is 2.38. The summed E-state index contributed by atoms with van der Waals surface area (Å²) in [4.78, 5) is 36.5. The van der Waals surface area contributed by atoms with Crippen LogP contribution in [0.25, 0.3) is 0 Å². The first kappa shape index (κ1) is 14.6. The maximum absolute atomic E-state index is 12.6. The normalized spacial score (nSPS) is 31.7. The molecular weight excluding hydrogens is 288 g/mol. The molecule has 1 saturated heterocycles.